The number of hydrogen-bond donors (Lipinski definition) is 3. The minimum atomic E-state index is -0.860. The molecule has 11 heteroatoms. The van der Waals surface area contributed by atoms with Crippen molar-refractivity contribution in [3.63, 3.8) is 0 Å². The molecule has 2 saturated heterocycles. The molecule has 0 radical (unpaired) electrons. The smallest absolute Gasteiger partial charge is 0.251 e. The Morgan fingerprint density at radius 3 is 2.41 bits per heavy atom. The zero-order valence-electron chi connectivity index (χ0n) is 25.6. The van der Waals surface area contributed by atoms with Crippen LogP contribution in [0.25, 0.3) is 0 Å². The van der Waals surface area contributed by atoms with Gasteiger partial charge in [0, 0.05) is 37.9 Å². The average Bonchev–Trinajstić information content (AvgIpc) is 3.03. The maximum Gasteiger partial charge on any atom is 0.251 e. The van der Waals surface area contributed by atoms with Gasteiger partial charge in [-0.1, -0.05) is 50.8 Å². The number of pyridine rings is 1. The Kier molecular flexibility index (Phi) is 13.4. The summed E-state index contributed by atoms with van der Waals surface area (Å²) in [4.78, 5) is 48.5. The van der Waals surface area contributed by atoms with Crippen molar-refractivity contribution in [1.29, 1.82) is 0 Å². The molecule has 3 aliphatic rings. The number of carbonyl (C=O) groups is 3. The molecule has 1 aromatic carbocycles. The van der Waals surface area contributed by atoms with Crippen LogP contribution in [0.15, 0.2) is 48.7 Å². The second-order valence-electron chi connectivity index (χ2n) is 12.2. The van der Waals surface area contributed by atoms with E-state index in [1.165, 1.54) is 6.42 Å². The van der Waals surface area contributed by atoms with E-state index in [2.05, 4.69) is 27.4 Å². The van der Waals surface area contributed by atoms with Crippen LogP contribution in [0.1, 0.15) is 86.3 Å². The number of aliphatic hydroxyl groups is 1. The van der Waals surface area contributed by atoms with Gasteiger partial charge in [0.15, 0.2) is 0 Å². The van der Waals surface area contributed by atoms with E-state index in [9.17, 15) is 19.5 Å². The summed E-state index contributed by atoms with van der Waals surface area (Å²) in [5, 5.41) is 17.1. The molecule has 3 amide bonds. The third-order valence-electron chi connectivity index (χ3n) is 9.43. The number of hydrogen-bond acceptors (Lipinski definition) is 6. The SMILES string of the molecule is CCCCN1C(=O)[C@@H]([C@H](O)C2CCCCC2)NC(=O)C12CCN(Cc1ccc(C(=O)NCc3ccccn3)cc1)CC2.Cl.Cl. The highest BCUT2D eigenvalue weighted by molar-refractivity contribution is 6.00. The van der Waals surface area contributed by atoms with Crippen molar-refractivity contribution in [3.8, 4) is 0 Å². The first kappa shape index (κ1) is 35.8. The molecule has 3 heterocycles. The number of piperidine rings is 1. The lowest BCUT2D eigenvalue weighted by atomic mass is 9.78. The molecule has 0 unspecified atom stereocenters. The highest BCUT2D eigenvalue weighted by Gasteiger charge is 2.55. The number of carbonyl (C=O) groups excluding carboxylic acids is 3. The van der Waals surface area contributed by atoms with Gasteiger partial charge in [-0.25, -0.2) is 0 Å². The molecule has 3 N–H and O–H groups in total. The van der Waals surface area contributed by atoms with Crippen molar-refractivity contribution in [2.75, 3.05) is 19.6 Å². The van der Waals surface area contributed by atoms with Crippen molar-refractivity contribution in [1.82, 2.24) is 25.4 Å². The largest absolute Gasteiger partial charge is 0.390 e. The second kappa shape index (κ2) is 16.5. The number of nitrogens with zero attached hydrogens (tertiary/aromatic N) is 3. The van der Waals surface area contributed by atoms with Gasteiger partial charge in [0.05, 0.1) is 18.3 Å². The lowest BCUT2D eigenvalue weighted by molar-refractivity contribution is -0.166. The van der Waals surface area contributed by atoms with E-state index in [-0.39, 0.29) is 48.5 Å². The number of benzene rings is 1. The summed E-state index contributed by atoms with van der Waals surface area (Å²) < 4.78 is 0. The van der Waals surface area contributed by atoms with E-state index in [0.717, 1.165) is 49.8 Å². The minimum absolute atomic E-state index is 0. The highest BCUT2D eigenvalue weighted by Crippen LogP contribution is 2.36. The lowest BCUT2D eigenvalue weighted by Gasteiger charge is -2.52. The summed E-state index contributed by atoms with van der Waals surface area (Å²) in [5.41, 5.74) is 1.64. The summed E-state index contributed by atoms with van der Waals surface area (Å²) in [6.07, 6.45) is 8.89. The summed E-state index contributed by atoms with van der Waals surface area (Å²) in [7, 11) is 0. The quantitative estimate of drug-likeness (QED) is 0.355. The van der Waals surface area contributed by atoms with Gasteiger partial charge in [-0.05, 0) is 67.9 Å². The Hall–Kier alpha value is -2.72. The van der Waals surface area contributed by atoms with E-state index in [1.54, 1.807) is 6.20 Å². The first-order valence-electron chi connectivity index (χ1n) is 15.7. The second-order valence-corrected chi connectivity index (χ2v) is 12.2. The zero-order chi connectivity index (χ0) is 29.5. The van der Waals surface area contributed by atoms with E-state index < -0.39 is 17.7 Å². The Morgan fingerprint density at radius 1 is 1.07 bits per heavy atom. The molecule has 2 aromatic rings. The number of piperazine rings is 1. The van der Waals surface area contributed by atoms with Crippen LogP contribution < -0.4 is 10.6 Å². The molecular weight excluding hydrogens is 601 g/mol. The number of aliphatic hydroxyl groups excluding tert-OH is 1. The molecule has 1 saturated carbocycles. The number of unbranched alkanes of at least 4 members (excludes halogenated alkanes) is 1. The van der Waals surface area contributed by atoms with Crippen LogP contribution in [0.3, 0.4) is 0 Å². The fourth-order valence-electron chi connectivity index (χ4n) is 6.83. The number of rotatable bonds is 10. The Morgan fingerprint density at radius 2 is 1.77 bits per heavy atom. The van der Waals surface area contributed by atoms with E-state index in [4.69, 9.17) is 0 Å². The first-order valence-corrected chi connectivity index (χ1v) is 15.7. The average molecular weight is 649 g/mol. The Balaban J connectivity index is 0.00000264. The molecule has 1 aromatic heterocycles. The summed E-state index contributed by atoms with van der Waals surface area (Å²) >= 11 is 0. The Bertz CT molecular complexity index is 1220. The van der Waals surface area contributed by atoms with Crippen LogP contribution in [0.4, 0.5) is 0 Å². The molecule has 5 rings (SSSR count). The third kappa shape index (κ3) is 8.10. The molecule has 0 bridgehead atoms. The topological polar surface area (TPSA) is 115 Å². The third-order valence-corrected chi connectivity index (χ3v) is 9.43. The van der Waals surface area contributed by atoms with Crippen LogP contribution >= 0.6 is 24.8 Å². The number of likely N-dealkylation sites (tertiary alicyclic amines) is 1. The van der Waals surface area contributed by atoms with Crippen molar-refractivity contribution in [2.24, 2.45) is 5.92 Å². The van der Waals surface area contributed by atoms with Gasteiger partial charge in [0.25, 0.3) is 5.91 Å². The number of halogens is 2. The molecule has 44 heavy (non-hydrogen) atoms. The molecular formula is C33H47Cl2N5O4. The van der Waals surface area contributed by atoms with Gasteiger partial charge in [-0.2, -0.15) is 0 Å². The fourth-order valence-corrected chi connectivity index (χ4v) is 6.83. The Labute approximate surface area is 273 Å². The first-order chi connectivity index (χ1) is 20.4. The van der Waals surface area contributed by atoms with Crippen molar-refractivity contribution >= 4 is 42.5 Å². The summed E-state index contributed by atoms with van der Waals surface area (Å²) in [6.45, 7) is 5.09. The van der Waals surface area contributed by atoms with E-state index in [1.807, 2.05) is 47.4 Å². The molecule has 3 fully saturated rings. The fraction of sp³-hybridized carbons (Fsp3) is 0.576. The van der Waals surface area contributed by atoms with Gasteiger partial charge >= 0.3 is 0 Å². The van der Waals surface area contributed by atoms with E-state index >= 15 is 0 Å². The lowest BCUT2D eigenvalue weighted by Crippen LogP contribution is -2.75. The van der Waals surface area contributed by atoms with E-state index in [0.29, 0.717) is 51.1 Å². The maximum atomic E-state index is 13.8. The van der Waals surface area contributed by atoms with Crippen LogP contribution in [0.2, 0.25) is 0 Å². The van der Waals surface area contributed by atoms with Crippen molar-refractivity contribution in [3.05, 3.63) is 65.5 Å². The van der Waals surface area contributed by atoms with Gasteiger partial charge in [-0.3, -0.25) is 24.3 Å². The van der Waals surface area contributed by atoms with Gasteiger partial charge in [0.2, 0.25) is 11.8 Å². The van der Waals surface area contributed by atoms with Crippen LogP contribution in [0.5, 0.6) is 0 Å². The van der Waals surface area contributed by atoms with Gasteiger partial charge in [0.1, 0.15) is 11.6 Å². The summed E-state index contributed by atoms with van der Waals surface area (Å²) in [5.74, 6) is -0.306. The van der Waals surface area contributed by atoms with Crippen molar-refractivity contribution < 1.29 is 19.5 Å². The number of aromatic nitrogens is 1. The normalized spacial score (nSPS) is 21.1. The standard InChI is InChI=1S/C33H45N5O4.2ClH/c1-2-3-19-38-31(41)28(29(39)25-9-5-4-6-10-25)36-32(42)33(38)16-20-37(21-17-33)23-24-12-14-26(15-13-24)30(40)35-22-27-11-7-8-18-34-27;;/h7-8,11-15,18,25,28-29,39H,2-6,9-10,16-17,19-23H2,1H3,(H,35,40)(H,36,42);2*1H/t28-,29-;;/m1../s1. The van der Waals surface area contributed by atoms with Crippen LogP contribution in [-0.2, 0) is 22.7 Å². The zero-order valence-corrected chi connectivity index (χ0v) is 27.2. The summed E-state index contributed by atoms with van der Waals surface area (Å²) in [6, 6.07) is 12.4. The molecule has 2 atom stereocenters. The van der Waals surface area contributed by atoms with Gasteiger partial charge < -0.3 is 20.6 Å². The monoisotopic (exact) mass is 647 g/mol. The van der Waals surface area contributed by atoms with Crippen molar-refractivity contribution in [2.45, 2.75) is 95.5 Å². The minimum Gasteiger partial charge on any atom is -0.390 e. The highest BCUT2D eigenvalue weighted by atomic mass is 35.5. The molecule has 2 aliphatic heterocycles. The van der Waals surface area contributed by atoms with Crippen LogP contribution in [-0.4, -0.2) is 74.9 Å². The van der Waals surface area contributed by atoms with Gasteiger partial charge in [-0.15, -0.1) is 24.8 Å². The number of nitrogens with one attached hydrogen (secondary N) is 2. The molecule has 9 nitrogen and oxygen atoms in total. The molecule has 1 aliphatic carbocycles. The maximum absolute atomic E-state index is 13.8. The predicted octanol–water partition coefficient (Wildman–Crippen LogP) is 4.26. The predicted molar refractivity (Wildman–Crippen MR) is 175 cm³/mol. The number of amides is 3. The molecule has 1 spiro atoms. The molecule has 242 valence electrons. The van der Waals surface area contributed by atoms with Crippen LogP contribution in [0, 0.1) is 5.92 Å².